The molecule has 3 aliphatic rings. The number of para-hydroxylation sites is 2. The molecule has 5 rings (SSSR count). The molecule has 0 radical (unpaired) electrons. The number of likely N-dealkylation sites (tertiary alicyclic amines) is 1. The van der Waals surface area contributed by atoms with Gasteiger partial charge in [0.1, 0.15) is 5.82 Å². The van der Waals surface area contributed by atoms with Crippen LogP contribution in [0.25, 0.3) is 11.0 Å². The lowest BCUT2D eigenvalue weighted by atomic mass is 9.83. The van der Waals surface area contributed by atoms with Crippen LogP contribution in [-0.4, -0.2) is 64.0 Å². The topological polar surface area (TPSA) is 62.5 Å². The number of benzene rings is 1. The number of aliphatic hydroxyl groups is 1. The minimum absolute atomic E-state index is 0. The molecular weight excluding hydrogens is 423 g/mol. The van der Waals surface area contributed by atoms with Crippen LogP contribution in [0, 0.1) is 17.8 Å². The zero-order valence-corrected chi connectivity index (χ0v) is 19.4. The molecule has 0 amide bonds. The Bertz CT molecular complexity index is 861. The Morgan fingerprint density at radius 1 is 1.30 bits per heavy atom. The molecule has 168 valence electrons. The fourth-order valence-electron chi connectivity index (χ4n) is 5.60. The summed E-state index contributed by atoms with van der Waals surface area (Å²) >= 11 is 0. The number of nitrogens with one attached hydrogen (secondary N) is 1. The summed E-state index contributed by atoms with van der Waals surface area (Å²) in [5.74, 6) is 2.48. The highest BCUT2D eigenvalue weighted by Gasteiger charge is 2.60. The average molecular weight is 457 g/mol. The Kier molecular flexibility index (Phi) is 7.37. The quantitative estimate of drug-likeness (QED) is 0.699. The maximum Gasteiger partial charge on any atom is 0.124 e. The number of ether oxygens (including phenoxy) is 1. The van der Waals surface area contributed by atoms with Gasteiger partial charge >= 0.3 is 0 Å². The second-order valence-corrected chi connectivity index (χ2v) is 9.33. The van der Waals surface area contributed by atoms with Crippen molar-refractivity contribution in [3.63, 3.8) is 0 Å². The highest BCUT2D eigenvalue weighted by Crippen LogP contribution is 2.47. The van der Waals surface area contributed by atoms with E-state index >= 15 is 0 Å². The van der Waals surface area contributed by atoms with E-state index in [9.17, 15) is 5.11 Å². The summed E-state index contributed by atoms with van der Waals surface area (Å²) in [5.41, 5.74) is 2.19. The molecule has 2 aromatic rings. The van der Waals surface area contributed by atoms with Gasteiger partial charge in [-0.2, -0.15) is 0 Å². The van der Waals surface area contributed by atoms with Crippen molar-refractivity contribution < 1.29 is 9.84 Å². The molecule has 1 aromatic heterocycles. The third-order valence-corrected chi connectivity index (χ3v) is 7.01. The fraction of sp³-hybridized carbons (Fsp3) is 0.682. The Balaban J connectivity index is 0.00000128. The van der Waals surface area contributed by atoms with Crippen molar-refractivity contribution in [2.45, 2.75) is 45.1 Å². The predicted octanol–water partition coefficient (Wildman–Crippen LogP) is 2.71. The van der Waals surface area contributed by atoms with E-state index in [1.165, 1.54) is 5.52 Å². The number of hydrogen-bond acceptors (Lipinski definition) is 5. The first kappa shape index (κ1) is 23.8. The summed E-state index contributed by atoms with van der Waals surface area (Å²) in [7, 11) is 0. The summed E-state index contributed by atoms with van der Waals surface area (Å²) in [6.07, 6.45) is 1.32. The molecule has 6 nitrogen and oxygen atoms in total. The van der Waals surface area contributed by atoms with Crippen molar-refractivity contribution in [2.75, 3.05) is 32.8 Å². The van der Waals surface area contributed by atoms with Crippen molar-refractivity contribution in [3.05, 3.63) is 30.1 Å². The third kappa shape index (κ3) is 3.98. The minimum atomic E-state index is -0.134. The van der Waals surface area contributed by atoms with E-state index in [1.54, 1.807) is 0 Å². The van der Waals surface area contributed by atoms with Crippen LogP contribution in [0.2, 0.25) is 0 Å². The minimum Gasteiger partial charge on any atom is -0.396 e. The standard InChI is InChI=1S/C22H32N4O2.2ClH/c1-15(2)7-8-26-19-6-4-3-5-18(19)24-21(26)11-25-10-17-16(12-27)20-9-23-13-22(17,14-25)28-20;;/h3-6,15-17,20,23,27H,7-14H2,1-2H3;2*1H/t16-,17+,20+,22+;;/m0../s1. The molecule has 3 fully saturated rings. The van der Waals surface area contributed by atoms with Gasteiger partial charge in [-0.1, -0.05) is 26.0 Å². The molecule has 0 aliphatic carbocycles. The summed E-state index contributed by atoms with van der Waals surface area (Å²) < 4.78 is 8.87. The smallest absolute Gasteiger partial charge is 0.124 e. The molecule has 3 saturated heterocycles. The molecule has 30 heavy (non-hydrogen) atoms. The molecule has 1 aromatic carbocycles. The van der Waals surface area contributed by atoms with Gasteiger partial charge in [-0.3, -0.25) is 4.90 Å². The second kappa shape index (κ2) is 9.31. The molecule has 1 spiro atoms. The van der Waals surface area contributed by atoms with E-state index in [2.05, 4.69) is 52.9 Å². The number of nitrogens with zero attached hydrogens (tertiary/aromatic N) is 3. The monoisotopic (exact) mass is 456 g/mol. The number of hydrogen-bond donors (Lipinski definition) is 2. The van der Waals surface area contributed by atoms with Gasteiger partial charge < -0.3 is 19.7 Å². The van der Waals surface area contributed by atoms with Gasteiger partial charge in [0.15, 0.2) is 0 Å². The van der Waals surface area contributed by atoms with Crippen molar-refractivity contribution >= 4 is 35.8 Å². The van der Waals surface area contributed by atoms with Gasteiger partial charge in [0, 0.05) is 51.2 Å². The molecule has 8 heteroatoms. The van der Waals surface area contributed by atoms with Gasteiger partial charge in [0.05, 0.1) is 29.3 Å². The number of imidazole rings is 1. The Morgan fingerprint density at radius 2 is 2.10 bits per heavy atom. The molecule has 4 atom stereocenters. The number of rotatable bonds is 6. The lowest BCUT2D eigenvalue weighted by molar-refractivity contribution is -0.0748. The molecule has 2 bridgehead atoms. The van der Waals surface area contributed by atoms with Gasteiger partial charge in [0.2, 0.25) is 0 Å². The maximum absolute atomic E-state index is 9.95. The summed E-state index contributed by atoms with van der Waals surface area (Å²) in [4.78, 5) is 7.47. The average Bonchev–Trinajstić information content (AvgIpc) is 3.24. The highest BCUT2D eigenvalue weighted by molar-refractivity contribution is 5.85. The largest absolute Gasteiger partial charge is 0.396 e. The van der Waals surface area contributed by atoms with Crippen LogP contribution in [0.3, 0.4) is 0 Å². The number of fused-ring (bicyclic) bond motifs is 2. The zero-order chi connectivity index (χ0) is 19.3. The lowest BCUT2D eigenvalue weighted by Crippen LogP contribution is -2.52. The summed E-state index contributed by atoms with van der Waals surface area (Å²) in [6.45, 7) is 10.3. The highest BCUT2D eigenvalue weighted by atomic mass is 35.5. The Labute approximate surface area is 191 Å². The molecule has 2 N–H and O–H groups in total. The van der Waals surface area contributed by atoms with Crippen LogP contribution >= 0.6 is 24.8 Å². The fourth-order valence-corrected chi connectivity index (χ4v) is 5.60. The van der Waals surface area contributed by atoms with Crippen LogP contribution in [0.5, 0.6) is 0 Å². The van der Waals surface area contributed by atoms with Crippen LogP contribution in [0.15, 0.2) is 24.3 Å². The van der Waals surface area contributed by atoms with Gasteiger partial charge in [-0.15, -0.1) is 24.8 Å². The van der Waals surface area contributed by atoms with E-state index in [1.807, 2.05) is 0 Å². The molecule has 0 unspecified atom stereocenters. The van der Waals surface area contributed by atoms with Crippen LogP contribution in [0.1, 0.15) is 26.1 Å². The van der Waals surface area contributed by atoms with Gasteiger partial charge in [-0.25, -0.2) is 4.98 Å². The number of aliphatic hydroxyl groups excluding tert-OH is 1. The number of morpholine rings is 1. The zero-order valence-electron chi connectivity index (χ0n) is 17.8. The van der Waals surface area contributed by atoms with E-state index < -0.39 is 0 Å². The molecular formula is C22H34Cl2N4O2. The summed E-state index contributed by atoms with van der Waals surface area (Å²) in [6, 6.07) is 8.47. The first-order chi connectivity index (χ1) is 13.6. The first-order valence-corrected chi connectivity index (χ1v) is 10.8. The third-order valence-electron chi connectivity index (χ3n) is 7.01. The lowest BCUT2D eigenvalue weighted by Gasteiger charge is -2.34. The van der Waals surface area contributed by atoms with E-state index in [0.29, 0.717) is 11.8 Å². The van der Waals surface area contributed by atoms with Crippen molar-refractivity contribution in [1.82, 2.24) is 19.8 Å². The van der Waals surface area contributed by atoms with Crippen LogP contribution in [0.4, 0.5) is 0 Å². The Morgan fingerprint density at radius 3 is 2.87 bits per heavy atom. The molecule has 3 aliphatic heterocycles. The van der Waals surface area contributed by atoms with Crippen molar-refractivity contribution in [3.8, 4) is 0 Å². The first-order valence-electron chi connectivity index (χ1n) is 10.8. The van der Waals surface area contributed by atoms with Crippen molar-refractivity contribution in [2.24, 2.45) is 17.8 Å². The normalized spacial score (nSPS) is 30.3. The Hall–Kier alpha value is -0.890. The summed E-state index contributed by atoms with van der Waals surface area (Å²) in [5, 5.41) is 13.5. The molecule has 0 saturated carbocycles. The predicted molar refractivity (Wildman–Crippen MR) is 124 cm³/mol. The maximum atomic E-state index is 9.95. The van der Waals surface area contributed by atoms with E-state index in [0.717, 1.165) is 57.0 Å². The number of aromatic nitrogens is 2. The van der Waals surface area contributed by atoms with Gasteiger partial charge in [0.25, 0.3) is 0 Å². The second-order valence-electron chi connectivity index (χ2n) is 9.33. The van der Waals surface area contributed by atoms with Gasteiger partial charge in [-0.05, 0) is 24.5 Å². The number of aryl methyl sites for hydroxylation is 1. The van der Waals surface area contributed by atoms with E-state index in [-0.39, 0.29) is 49.0 Å². The number of halogens is 2. The van der Waals surface area contributed by atoms with Crippen molar-refractivity contribution in [1.29, 1.82) is 0 Å². The SMILES string of the molecule is CC(C)CCn1c(CN2C[C@@H]3[C@H](CO)[C@H]4CNC[C@]3(C2)O4)nc2ccccc21.Cl.Cl. The van der Waals surface area contributed by atoms with Crippen LogP contribution < -0.4 is 5.32 Å². The van der Waals surface area contributed by atoms with E-state index in [4.69, 9.17) is 9.72 Å². The van der Waals surface area contributed by atoms with Crippen LogP contribution in [-0.2, 0) is 17.8 Å². The molecule has 4 heterocycles.